The summed E-state index contributed by atoms with van der Waals surface area (Å²) in [4.78, 5) is 16.2. The van der Waals surface area contributed by atoms with Crippen molar-refractivity contribution in [2.75, 3.05) is 7.11 Å². The maximum Gasteiger partial charge on any atom is 0.250 e. The van der Waals surface area contributed by atoms with Gasteiger partial charge in [-0.25, -0.2) is 0 Å². The van der Waals surface area contributed by atoms with Crippen molar-refractivity contribution >= 4 is 22.6 Å². The molecule has 0 amide bonds. The Labute approximate surface area is 125 Å². The topological polar surface area (TPSA) is 44.1 Å². The van der Waals surface area contributed by atoms with Crippen LogP contribution in [0, 0.1) is 17.4 Å². The lowest BCUT2D eigenvalue weighted by atomic mass is 10.1. The van der Waals surface area contributed by atoms with Gasteiger partial charge in [0, 0.05) is 33.2 Å². The SMILES string of the molecule is COc1c(C)cnc(Cn2cc(I)ccc2=O)c1C. The first-order chi connectivity index (χ1) is 9.02. The molecule has 100 valence electrons. The molecule has 0 N–H and O–H groups in total. The predicted molar refractivity (Wildman–Crippen MR) is 82.8 cm³/mol. The number of hydrogen-bond acceptors (Lipinski definition) is 3. The second kappa shape index (κ2) is 5.73. The molecule has 0 unspecified atom stereocenters. The molecule has 2 aromatic rings. The Morgan fingerprint density at radius 2 is 2.11 bits per heavy atom. The van der Waals surface area contributed by atoms with Crippen LogP contribution in [0.3, 0.4) is 0 Å². The second-order valence-corrected chi connectivity index (χ2v) is 5.61. The minimum atomic E-state index is -0.0267. The highest BCUT2D eigenvalue weighted by Gasteiger charge is 2.10. The van der Waals surface area contributed by atoms with E-state index in [1.807, 2.05) is 20.0 Å². The van der Waals surface area contributed by atoms with E-state index in [1.165, 1.54) is 0 Å². The fourth-order valence-corrected chi connectivity index (χ4v) is 2.53. The molecule has 0 saturated carbocycles. The molecular formula is C14H15IN2O2. The van der Waals surface area contributed by atoms with Crippen molar-refractivity contribution in [1.82, 2.24) is 9.55 Å². The van der Waals surface area contributed by atoms with Gasteiger partial charge in [0.05, 0.1) is 19.3 Å². The Bertz CT molecular complexity index is 665. The van der Waals surface area contributed by atoms with Crippen molar-refractivity contribution < 1.29 is 4.74 Å². The van der Waals surface area contributed by atoms with Crippen LogP contribution in [-0.2, 0) is 6.54 Å². The van der Waals surface area contributed by atoms with Gasteiger partial charge in [0.25, 0.3) is 5.56 Å². The average molecular weight is 370 g/mol. The zero-order valence-corrected chi connectivity index (χ0v) is 13.3. The van der Waals surface area contributed by atoms with Gasteiger partial charge in [0.2, 0.25) is 0 Å². The van der Waals surface area contributed by atoms with Crippen molar-refractivity contribution in [3.8, 4) is 5.75 Å². The Hall–Kier alpha value is -1.37. The van der Waals surface area contributed by atoms with Gasteiger partial charge < -0.3 is 9.30 Å². The Kier molecular flexibility index (Phi) is 4.24. The monoisotopic (exact) mass is 370 g/mol. The van der Waals surface area contributed by atoms with Crippen LogP contribution in [0.25, 0.3) is 0 Å². The van der Waals surface area contributed by atoms with E-state index in [4.69, 9.17) is 4.74 Å². The Balaban J connectivity index is 2.44. The van der Waals surface area contributed by atoms with Crippen molar-refractivity contribution in [3.05, 3.63) is 55.3 Å². The number of ether oxygens (including phenoxy) is 1. The van der Waals surface area contributed by atoms with Crippen LogP contribution >= 0.6 is 22.6 Å². The summed E-state index contributed by atoms with van der Waals surface area (Å²) in [6.07, 6.45) is 3.61. The van der Waals surface area contributed by atoms with Crippen molar-refractivity contribution in [1.29, 1.82) is 0 Å². The van der Waals surface area contributed by atoms with Crippen LogP contribution in [0.2, 0.25) is 0 Å². The van der Waals surface area contributed by atoms with Gasteiger partial charge in [-0.1, -0.05) is 0 Å². The number of hydrogen-bond donors (Lipinski definition) is 0. The smallest absolute Gasteiger partial charge is 0.250 e. The Morgan fingerprint density at radius 3 is 2.79 bits per heavy atom. The number of halogens is 1. The number of rotatable bonds is 3. The standard InChI is InChI=1S/C14H15IN2O2/c1-9-6-16-12(10(2)14(9)19-3)8-17-7-11(15)4-5-13(17)18/h4-7H,8H2,1-3H3. The third-order valence-electron chi connectivity index (χ3n) is 3.02. The highest BCUT2D eigenvalue weighted by molar-refractivity contribution is 14.1. The van der Waals surface area contributed by atoms with Gasteiger partial charge in [0.15, 0.2) is 0 Å². The molecule has 0 aliphatic rings. The summed E-state index contributed by atoms with van der Waals surface area (Å²) in [6.45, 7) is 4.38. The lowest BCUT2D eigenvalue weighted by Crippen LogP contribution is -2.20. The first kappa shape index (κ1) is 14.0. The number of aromatic nitrogens is 2. The molecule has 2 rings (SSSR count). The molecular weight excluding hydrogens is 355 g/mol. The number of aryl methyl sites for hydroxylation is 1. The largest absolute Gasteiger partial charge is 0.496 e. The zero-order chi connectivity index (χ0) is 14.0. The third-order valence-corrected chi connectivity index (χ3v) is 3.66. The van der Waals surface area contributed by atoms with E-state index in [2.05, 4.69) is 27.6 Å². The van der Waals surface area contributed by atoms with Crippen LogP contribution in [0.4, 0.5) is 0 Å². The van der Waals surface area contributed by atoms with E-state index >= 15 is 0 Å². The summed E-state index contributed by atoms with van der Waals surface area (Å²) in [7, 11) is 1.65. The maximum absolute atomic E-state index is 11.8. The molecule has 0 spiro atoms. The zero-order valence-electron chi connectivity index (χ0n) is 11.1. The van der Waals surface area contributed by atoms with Gasteiger partial charge in [-0.05, 0) is 42.5 Å². The highest BCUT2D eigenvalue weighted by atomic mass is 127. The van der Waals surface area contributed by atoms with Gasteiger partial charge in [-0.15, -0.1) is 0 Å². The van der Waals surface area contributed by atoms with Gasteiger partial charge in [0.1, 0.15) is 5.75 Å². The molecule has 0 radical (unpaired) electrons. The minimum absolute atomic E-state index is 0.0267. The van der Waals surface area contributed by atoms with Crippen LogP contribution in [0.1, 0.15) is 16.8 Å². The molecule has 0 aliphatic carbocycles. The minimum Gasteiger partial charge on any atom is -0.496 e. The van der Waals surface area contributed by atoms with Crippen molar-refractivity contribution in [3.63, 3.8) is 0 Å². The van der Waals surface area contributed by atoms with E-state index in [0.717, 1.165) is 26.1 Å². The van der Waals surface area contributed by atoms with Crippen LogP contribution in [0.15, 0.2) is 29.3 Å². The first-order valence-electron chi connectivity index (χ1n) is 5.88. The molecule has 0 aliphatic heterocycles. The molecule has 2 heterocycles. The van der Waals surface area contributed by atoms with E-state index in [9.17, 15) is 4.79 Å². The summed E-state index contributed by atoms with van der Waals surface area (Å²) < 4.78 is 8.06. The summed E-state index contributed by atoms with van der Waals surface area (Å²) in [6, 6.07) is 3.37. The van der Waals surface area contributed by atoms with E-state index in [-0.39, 0.29) is 5.56 Å². The van der Waals surface area contributed by atoms with Gasteiger partial charge >= 0.3 is 0 Å². The summed E-state index contributed by atoms with van der Waals surface area (Å²) >= 11 is 2.19. The van der Waals surface area contributed by atoms with Gasteiger partial charge in [-0.3, -0.25) is 9.78 Å². The van der Waals surface area contributed by atoms with Crippen LogP contribution in [0.5, 0.6) is 5.75 Å². The lowest BCUT2D eigenvalue weighted by Gasteiger charge is -2.13. The average Bonchev–Trinajstić information content (AvgIpc) is 2.38. The summed E-state index contributed by atoms with van der Waals surface area (Å²) in [5.74, 6) is 0.837. The molecule has 2 aromatic heterocycles. The molecule has 0 saturated heterocycles. The molecule has 0 bridgehead atoms. The molecule has 0 aromatic carbocycles. The van der Waals surface area contributed by atoms with E-state index < -0.39 is 0 Å². The van der Waals surface area contributed by atoms with Crippen LogP contribution in [-0.4, -0.2) is 16.7 Å². The molecule has 0 atom stereocenters. The van der Waals surface area contributed by atoms with Crippen molar-refractivity contribution in [2.45, 2.75) is 20.4 Å². The quantitative estimate of drug-likeness (QED) is 0.780. The summed E-state index contributed by atoms with van der Waals surface area (Å²) in [5.41, 5.74) is 2.81. The first-order valence-corrected chi connectivity index (χ1v) is 6.96. The lowest BCUT2D eigenvalue weighted by molar-refractivity contribution is 0.406. The Morgan fingerprint density at radius 1 is 1.37 bits per heavy atom. The second-order valence-electron chi connectivity index (χ2n) is 4.36. The van der Waals surface area contributed by atoms with Crippen molar-refractivity contribution in [2.24, 2.45) is 0 Å². The van der Waals surface area contributed by atoms with E-state index in [1.54, 1.807) is 30.0 Å². The normalized spacial score (nSPS) is 10.5. The number of methoxy groups -OCH3 is 1. The van der Waals surface area contributed by atoms with Crippen LogP contribution < -0.4 is 10.3 Å². The van der Waals surface area contributed by atoms with E-state index in [0.29, 0.717) is 6.54 Å². The number of pyridine rings is 2. The fourth-order valence-electron chi connectivity index (χ4n) is 2.02. The number of nitrogens with zero attached hydrogens (tertiary/aromatic N) is 2. The maximum atomic E-state index is 11.8. The third kappa shape index (κ3) is 2.97. The molecule has 5 heteroatoms. The molecule has 4 nitrogen and oxygen atoms in total. The van der Waals surface area contributed by atoms with Gasteiger partial charge in [-0.2, -0.15) is 0 Å². The highest BCUT2D eigenvalue weighted by Crippen LogP contribution is 2.24. The molecule has 19 heavy (non-hydrogen) atoms. The predicted octanol–water partition coefficient (Wildman–Crippen LogP) is 2.52. The molecule has 0 fully saturated rings. The fraction of sp³-hybridized carbons (Fsp3) is 0.286. The summed E-state index contributed by atoms with van der Waals surface area (Å²) in [5, 5.41) is 0.